The van der Waals surface area contributed by atoms with Crippen LogP contribution in [0.2, 0.25) is 0 Å². The average Bonchev–Trinajstić information content (AvgIpc) is 2.49. The summed E-state index contributed by atoms with van der Waals surface area (Å²) in [7, 11) is 0. The molecule has 1 amide bonds. The van der Waals surface area contributed by atoms with Crippen LogP contribution < -0.4 is 10.6 Å². The maximum absolute atomic E-state index is 12.0. The van der Waals surface area contributed by atoms with Crippen LogP contribution >= 0.6 is 15.9 Å². The lowest BCUT2D eigenvalue weighted by Crippen LogP contribution is -2.30. The largest absolute Gasteiger partial charge is 0.325 e. The topological polar surface area (TPSA) is 41.1 Å². The number of benzene rings is 2. The van der Waals surface area contributed by atoms with E-state index in [1.54, 1.807) is 0 Å². The van der Waals surface area contributed by atoms with Crippen LogP contribution in [0.5, 0.6) is 0 Å². The summed E-state index contributed by atoms with van der Waals surface area (Å²) in [6, 6.07) is 16.0. The van der Waals surface area contributed by atoms with Gasteiger partial charge in [0, 0.05) is 16.2 Å². The summed E-state index contributed by atoms with van der Waals surface area (Å²) in [6.45, 7) is 4.34. The molecule has 3 nitrogen and oxygen atoms in total. The maximum Gasteiger partial charge on any atom is 0.238 e. The Morgan fingerprint density at radius 3 is 2.57 bits per heavy atom. The predicted molar refractivity (Wildman–Crippen MR) is 90.4 cm³/mol. The summed E-state index contributed by atoms with van der Waals surface area (Å²) in [5.41, 5.74) is 3.11. The summed E-state index contributed by atoms with van der Waals surface area (Å²) in [5.74, 6) is -0.0477. The fourth-order valence-corrected chi connectivity index (χ4v) is 2.36. The van der Waals surface area contributed by atoms with E-state index in [4.69, 9.17) is 0 Å². The van der Waals surface area contributed by atoms with Crippen LogP contribution in [-0.2, 0) is 4.79 Å². The predicted octanol–water partition coefficient (Wildman–Crippen LogP) is 4.05. The summed E-state index contributed by atoms with van der Waals surface area (Å²) in [5, 5.41) is 6.11. The molecule has 110 valence electrons. The van der Waals surface area contributed by atoms with Crippen molar-refractivity contribution >= 4 is 27.5 Å². The third-order valence-electron chi connectivity index (χ3n) is 3.32. The Morgan fingerprint density at radius 2 is 1.90 bits per heavy atom. The molecule has 0 spiro atoms. The zero-order valence-corrected chi connectivity index (χ0v) is 13.8. The number of amides is 1. The average molecular weight is 347 g/mol. The monoisotopic (exact) mass is 346 g/mol. The van der Waals surface area contributed by atoms with Crippen LogP contribution in [0.25, 0.3) is 0 Å². The molecule has 0 aliphatic heterocycles. The molecule has 2 aromatic carbocycles. The SMILES string of the molecule is Cc1ccc(NC(=O)CN[C@@H](C)c2ccccc2)cc1Br. The summed E-state index contributed by atoms with van der Waals surface area (Å²) in [6.07, 6.45) is 0. The van der Waals surface area contributed by atoms with Crippen LogP contribution in [0.4, 0.5) is 5.69 Å². The molecule has 0 fully saturated rings. The molecule has 0 aliphatic rings. The number of rotatable bonds is 5. The van der Waals surface area contributed by atoms with Crippen LogP contribution in [0.15, 0.2) is 53.0 Å². The fraction of sp³-hybridized carbons (Fsp3) is 0.235. The maximum atomic E-state index is 12.0. The molecule has 0 saturated carbocycles. The molecule has 4 heteroatoms. The third-order valence-corrected chi connectivity index (χ3v) is 4.18. The van der Waals surface area contributed by atoms with E-state index in [0.717, 1.165) is 15.7 Å². The van der Waals surface area contributed by atoms with Crippen LogP contribution in [0.3, 0.4) is 0 Å². The van der Waals surface area contributed by atoms with Crippen molar-refractivity contribution in [2.75, 3.05) is 11.9 Å². The molecule has 21 heavy (non-hydrogen) atoms. The molecule has 0 unspecified atom stereocenters. The molecular formula is C17H19BrN2O. The van der Waals surface area contributed by atoms with Gasteiger partial charge >= 0.3 is 0 Å². The van der Waals surface area contributed by atoms with Crippen molar-refractivity contribution in [3.05, 3.63) is 64.1 Å². The van der Waals surface area contributed by atoms with Gasteiger partial charge in [-0.05, 0) is 37.1 Å². The van der Waals surface area contributed by atoms with E-state index in [0.29, 0.717) is 0 Å². The Morgan fingerprint density at radius 1 is 1.19 bits per heavy atom. The first-order valence-electron chi connectivity index (χ1n) is 6.90. The quantitative estimate of drug-likeness (QED) is 0.857. The van der Waals surface area contributed by atoms with Crippen molar-refractivity contribution in [1.29, 1.82) is 0 Å². The molecule has 2 N–H and O–H groups in total. The molecule has 0 aromatic heterocycles. The lowest BCUT2D eigenvalue weighted by Gasteiger charge is -2.14. The Bertz CT molecular complexity index is 613. The van der Waals surface area contributed by atoms with E-state index in [1.807, 2.05) is 62.4 Å². The van der Waals surface area contributed by atoms with E-state index < -0.39 is 0 Å². The fourth-order valence-electron chi connectivity index (χ4n) is 1.98. The van der Waals surface area contributed by atoms with Gasteiger partial charge in [0.2, 0.25) is 5.91 Å². The van der Waals surface area contributed by atoms with Crippen molar-refractivity contribution < 1.29 is 4.79 Å². The van der Waals surface area contributed by atoms with Gasteiger partial charge < -0.3 is 10.6 Å². The molecule has 2 aromatic rings. The summed E-state index contributed by atoms with van der Waals surface area (Å²) < 4.78 is 0.992. The van der Waals surface area contributed by atoms with Crippen LogP contribution in [0, 0.1) is 6.92 Å². The lowest BCUT2D eigenvalue weighted by atomic mass is 10.1. The van der Waals surface area contributed by atoms with Gasteiger partial charge in [-0.2, -0.15) is 0 Å². The minimum absolute atomic E-state index is 0.0477. The number of carbonyl (C=O) groups excluding carboxylic acids is 1. The molecule has 0 heterocycles. The highest BCUT2D eigenvalue weighted by molar-refractivity contribution is 9.10. The number of halogens is 1. The normalized spacial score (nSPS) is 12.0. The second kappa shape index (κ2) is 7.38. The number of hydrogen-bond acceptors (Lipinski definition) is 2. The molecule has 1 atom stereocenters. The minimum Gasteiger partial charge on any atom is -0.325 e. The minimum atomic E-state index is -0.0477. The smallest absolute Gasteiger partial charge is 0.238 e. The zero-order chi connectivity index (χ0) is 15.2. The van der Waals surface area contributed by atoms with E-state index in [2.05, 4.69) is 26.6 Å². The molecule has 0 aliphatic carbocycles. The van der Waals surface area contributed by atoms with Crippen molar-refractivity contribution in [3.8, 4) is 0 Å². The second-order valence-electron chi connectivity index (χ2n) is 5.03. The second-order valence-corrected chi connectivity index (χ2v) is 5.88. The highest BCUT2D eigenvalue weighted by Crippen LogP contribution is 2.20. The number of hydrogen-bond donors (Lipinski definition) is 2. The van der Waals surface area contributed by atoms with Gasteiger partial charge in [-0.3, -0.25) is 4.79 Å². The van der Waals surface area contributed by atoms with Gasteiger partial charge in [-0.25, -0.2) is 0 Å². The number of carbonyl (C=O) groups is 1. The standard InChI is InChI=1S/C17H19BrN2O/c1-12-8-9-15(10-16(12)18)20-17(21)11-19-13(2)14-6-4-3-5-7-14/h3-10,13,19H,11H2,1-2H3,(H,20,21)/t13-/m0/s1. The first-order chi connectivity index (χ1) is 10.1. The van der Waals surface area contributed by atoms with E-state index in [-0.39, 0.29) is 18.5 Å². The lowest BCUT2D eigenvalue weighted by molar-refractivity contribution is -0.115. The summed E-state index contributed by atoms with van der Waals surface area (Å²) >= 11 is 3.46. The van der Waals surface area contributed by atoms with E-state index >= 15 is 0 Å². The Hall–Kier alpha value is -1.65. The third kappa shape index (κ3) is 4.69. The van der Waals surface area contributed by atoms with Crippen LogP contribution in [0.1, 0.15) is 24.1 Å². The van der Waals surface area contributed by atoms with Gasteiger partial charge in [-0.1, -0.05) is 52.3 Å². The van der Waals surface area contributed by atoms with Crippen molar-refractivity contribution in [3.63, 3.8) is 0 Å². The van der Waals surface area contributed by atoms with Gasteiger partial charge in [0.25, 0.3) is 0 Å². The molecular weight excluding hydrogens is 328 g/mol. The number of aryl methyl sites for hydroxylation is 1. The van der Waals surface area contributed by atoms with Gasteiger partial charge in [-0.15, -0.1) is 0 Å². The Kier molecular flexibility index (Phi) is 5.53. The van der Waals surface area contributed by atoms with E-state index in [9.17, 15) is 4.79 Å². The van der Waals surface area contributed by atoms with Gasteiger partial charge in [0.1, 0.15) is 0 Å². The van der Waals surface area contributed by atoms with Crippen molar-refractivity contribution in [1.82, 2.24) is 5.32 Å². The first kappa shape index (κ1) is 15.7. The van der Waals surface area contributed by atoms with Crippen LogP contribution in [-0.4, -0.2) is 12.5 Å². The number of anilines is 1. The van der Waals surface area contributed by atoms with Crippen molar-refractivity contribution in [2.45, 2.75) is 19.9 Å². The van der Waals surface area contributed by atoms with Gasteiger partial charge in [0.05, 0.1) is 6.54 Å². The molecule has 0 bridgehead atoms. The highest BCUT2D eigenvalue weighted by Gasteiger charge is 2.08. The molecule has 2 rings (SSSR count). The van der Waals surface area contributed by atoms with E-state index in [1.165, 1.54) is 5.56 Å². The van der Waals surface area contributed by atoms with Gasteiger partial charge in [0.15, 0.2) is 0 Å². The van der Waals surface area contributed by atoms with Crippen molar-refractivity contribution in [2.24, 2.45) is 0 Å². The first-order valence-corrected chi connectivity index (χ1v) is 7.70. The molecule has 0 saturated heterocycles. The molecule has 0 radical (unpaired) electrons. The Balaban J connectivity index is 1.86. The number of nitrogens with one attached hydrogen (secondary N) is 2. The highest BCUT2D eigenvalue weighted by atomic mass is 79.9. The summed E-state index contributed by atoms with van der Waals surface area (Å²) in [4.78, 5) is 12.0. The zero-order valence-electron chi connectivity index (χ0n) is 12.2. The Labute approximate surface area is 133 Å².